The third-order valence-corrected chi connectivity index (χ3v) is 9.31. The molecule has 0 aromatic carbocycles. The van der Waals surface area contributed by atoms with Gasteiger partial charge in [0.25, 0.3) is 5.91 Å². The highest BCUT2D eigenvalue weighted by Crippen LogP contribution is 2.44. The van der Waals surface area contributed by atoms with Crippen LogP contribution in [0.3, 0.4) is 0 Å². The summed E-state index contributed by atoms with van der Waals surface area (Å²) in [5.74, 6) is -1.62. The number of carbonyl (C=O) groups is 1. The van der Waals surface area contributed by atoms with Gasteiger partial charge in [-0.3, -0.25) is 9.52 Å². The van der Waals surface area contributed by atoms with Gasteiger partial charge in [0.05, 0.1) is 22.9 Å². The fraction of sp³-hybridized carbons (Fsp3) is 0.522. The van der Waals surface area contributed by atoms with Crippen molar-refractivity contribution in [1.82, 2.24) is 13.9 Å². The lowest BCUT2D eigenvalue weighted by atomic mass is 9.88. The number of aromatic nitrogens is 2. The van der Waals surface area contributed by atoms with Crippen LogP contribution < -0.4 is 10.0 Å². The maximum Gasteiger partial charge on any atom is 0.302 e. The second-order valence-corrected chi connectivity index (χ2v) is 11.8. The van der Waals surface area contributed by atoms with Gasteiger partial charge in [-0.25, -0.2) is 4.98 Å². The summed E-state index contributed by atoms with van der Waals surface area (Å²) < 4.78 is 46.5. The highest BCUT2D eigenvalue weighted by atomic mass is 35.5. The van der Waals surface area contributed by atoms with E-state index in [2.05, 4.69) is 15.0 Å². The Balaban J connectivity index is 1.46. The molecule has 5 rings (SSSR count). The Bertz CT molecular complexity index is 1390. The number of nitrogens with zero attached hydrogens (tertiary/aromatic N) is 4. The van der Waals surface area contributed by atoms with Crippen molar-refractivity contribution in [3.63, 3.8) is 0 Å². The van der Waals surface area contributed by atoms with Crippen molar-refractivity contribution in [2.24, 2.45) is 0 Å². The van der Waals surface area contributed by atoms with Crippen LogP contribution in [0.5, 0.6) is 0 Å². The molecular weight excluding hydrogens is 527 g/mol. The largest absolute Gasteiger partial charge is 0.393 e. The van der Waals surface area contributed by atoms with E-state index in [9.17, 15) is 27.8 Å². The zero-order valence-corrected chi connectivity index (χ0v) is 21.3. The van der Waals surface area contributed by atoms with Gasteiger partial charge in [0.2, 0.25) is 5.95 Å². The number of rotatable bonds is 6. The molecule has 1 amide bonds. The van der Waals surface area contributed by atoms with Crippen LogP contribution in [0.15, 0.2) is 12.1 Å². The first-order valence-corrected chi connectivity index (χ1v) is 13.8. The number of hydrogen-bond donors (Lipinski definition) is 4. The van der Waals surface area contributed by atoms with Crippen molar-refractivity contribution >= 4 is 39.1 Å². The van der Waals surface area contributed by atoms with Crippen LogP contribution in [0, 0.1) is 17.3 Å². The normalized spacial score (nSPS) is 25.4. The molecule has 2 atom stereocenters. The standard InChI is InChI=1S/C23H26ClFN6O5S/c24-19-20(29-37(35,36)31-15-4-5-16(31)10-23(34,9-15)12-32)17-3-1-2-6-30(17)21(19)22(33)28-13-7-14(11-26)27-18(25)8-13/h7-8,15-16,29,32,34H,1-6,9-10,12H2,(H,27,28,33). The maximum atomic E-state index is 13.8. The minimum Gasteiger partial charge on any atom is -0.393 e. The van der Waals surface area contributed by atoms with Crippen LogP contribution in [-0.4, -0.2) is 62.7 Å². The van der Waals surface area contributed by atoms with Crippen LogP contribution in [0.2, 0.25) is 5.02 Å². The van der Waals surface area contributed by atoms with Gasteiger partial charge in [-0.2, -0.15) is 22.4 Å². The summed E-state index contributed by atoms with van der Waals surface area (Å²) in [4.78, 5) is 16.7. The zero-order chi connectivity index (χ0) is 26.5. The van der Waals surface area contributed by atoms with Crippen molar-refractivity contribution in [3.05, 3.63) is 40.2 Å². The van der Waals surface area contributed by atoms with E-state index in [1.165, 1.54) is 10.4 Å². The number of anilines is 2. The smallest absolute Gasteiger partial charge is 0.302 e. The molecular formula is C23H26ClFN6O5S. The summed E-state index contributed by atoms with van der Waals surface area (Å²) in [5, 5.41) is 31.6. The predicted molar refractivity (Wildman–Crippen MR) is 132 cm³/mol. The minimum absolute atomic E-state index is 0.0138. The molecule has 4 N–H and O–H groups in total. The third-order valence-electron chi connectivity index (χ3n) is 7.33. The second kappa shape index (κ2) is 9.52. The summed E-state index contributed by atoms with van der Waals surface area (Å²) in [6, 6.07) is 2.97. The zero-order valence-electron chi connectivity index (χ0n) is 19.7. The number of nitrogens with one attached hydrogen (secondary N) is 2. The number of aliphatic hydroxyl groups is 2. The Morgan fingerprint density at radius 3 is 2.65 bits per heavy atom. The number of halogens is 2. The number of pyridine rings is 1. The number of piperidine rings is 1. The van der Waals surface area contributed by atoms with Crippen molar-refractivity contribution < 1.29 is 27.8 Å². The number of hydrogen-bond acceptors (Lipinski definition) is 7. The van der Waals surface area contributed by atoms with Gasteiger partial charge >= 0.3 is 10.2 Å². The number of fused-ring (bicyclic) bond motifs is 3. The summed E-state index contributed by atoms with van der Waals surface area (Å²) in [6.45, 7) is 0.00202. The maximum absolute atomic E-state index is 13.8. The quantitative estimate of drug-likeness (QED) is 0.399. The number of nitriles is 1. The van der Waals surface area contributed by atoms with Crippen LogP contribution in [0.4, 0.5) is 15.8 Å². The van der Waals surface area contributed by atoms with Gasteiger partial charge in [0.15, 0.2) is 0 Å². The van der Waals surface area contributed by atoms with E-state index in [1.807, 2.05) is 0 Å². The average Bonchev–Trinajstić information content (AvgIpc) is 3.30. The molecule has 2 saturated heterocycles. The van der Waals surface area contributed by atoms with Crippen molar-refractivity contribution in [2.45, 2.75) is 69.2 Å². The Hall–Kier alpha value is -2.76. The van der Waals surface area contributed by atoms with E-state index in [0.29, 0.717) is 31.5 Å². The molecule has 2 bridgehead atoms. The summed E-state index contributed by atoms with van der Waals surface area (Å²) in [6.07, 6.45) is 3.41. The summed E-state index contributed by atoms with van der Waals surface area (Å²) >= 11 is 6.63. The van der Waals surface area contributed by atoms with E-state index in [-0.39, 0.29) is 40.6 Å². The molecule has 2 unspecified atom stereocenters. The highest BCUT2D eigenvalue weighted by Gasteiger charge is 2.52. The molecule has 37 heavy (non-hydrogen) atoms. The lowest BCUT2D eigenvalue weighted by Crippen LogP contribution is -2.55. The van der Waals surface area contributed by atoms with E-state index in [0.717, 1.165) is 18.9 Å². The Morgan fingerprint density at radius 2 is 2.00 bits per heavy atom. The molecule has 14 heteroatoms. The Kier molecular flexibility index (Phi) is 6.66. The van der Waals surface area contributed by atoms with Crippen LogP contribution in [0.1, 0.15) is 60.4 Å². The molecule has 0 saturated carbocycles. The molecule has 198 valence electrons. The van der Waals surface area contributed by atoms with Crippen molar-refractivity contribution in [2.75, 3.05) is 16.6 Å². The topological polar surface area (TPSA) is 161 Å². The monoisotopic (exact) mass is 552 g/mol. The van der Waals surface area contributed by atoms with Gasteiger partial charge in [-0.1, -0.05) is 11.6 Å². The van der Waals surface area contributed by atoms with Crippen molar-refractivity contribution in [3.8, 4) is 6.07 Å². The van der Waals surface area contributed by atoms with Crippen LogP contribution in [0.25, 0.3) is 0 Å². The molecule has 2 fully saturated rings. The molecule has 3 aliphatic rings. The summed E-state index contributed by atoms with van der Waals surface area (Å²) in [7, 11) is -4.11. The number of carbonyl (C=O) groups excluding carboxylic acids is 1. The molecule has 2 aromatic heterocycles. The summed E-state index contributed by atoms with van der Waals surface area (Å²) in [5.41, 5.74) is -0.793. The molecule has 2 aromatic rings. The van der Waals surface area contributed by atoms with Crippen LogP contribution >= 0.6 is 11.6 Å². The molecule has 5 heterocycles. The Morgan fingerprint density at radius 1 is 1.30 bits per heavy atom. The second-order valence-electron chi connectivity index (χ2n) is 9.84. The lowest BCUT2D eigenvalue weighted by molar-refractivity contribution is -0.0662. The van der Waals surface area contributed by atoms with Gasteiger partial charge in [-0.15, -0.1) is 0 Å². The first-order chi connectivity index (χ1) is 17.5. The van der Waals surface area contributed by atoms with Gasteiger partial charge in [0.1, 0.15) is 17.5 Å². The molecule has 11 nitrogen and oxygen atoms in total. The lowest BCUT2D eigenvalue weighted by Gasteiger charge is -2.41. The van der Waals surface area contributed by atoms with Crippen molar-refractivity contribution in [1.29, 1.82) is 5.26 Å². The van der Waals surface area contributed by atoms with Gasteiger partial charge < -0.3 is 20.1 Å². The van der Waals surface area contributed by atoms with E-state index >= 15 is 0 Å². The fourth-order valence-electron chi connectivity index (χ4n) is 5.83. The highest BCUT2D eigenvalue weighted by molar-refractivity contribution is 7.90. The van der Waals surface area contributed by atoms with E-state index in [1.54, 1.807) is 10.6 Å². The first-order valence-electron chi connectivity index (χ1n) is 12.0. The van der Waals surface area contributed by atoms with Gasteiger partial charge in [-0.05, 0) is 51.0 Å². The molecule has 0 aliphatic carbocycles. The fourth-order valence-corrected chi connectivity index (χ4v) is 7.96. The third kappa shape index (κ3) is 4.68. The minimum atomic E-state index is -4.11. The SMILES string of the molecule is N#Cc1cc(NC(=O)c2c(Cl)c(NS(=O)(=O)N3C4CCC3CC(O)(CO)C4)c3n2CCCC3)cc(F)n1. The predicted octanol–water partition coefficient (Wildman–Crippen LogP) is 2.14. The molecule has 0 radical (unpaired) electrons. The average molecular weight is 553 g/mol. The molecule has 0 spiro atoms. The van der Waals surface area contributed by atoms with Gasteiger partial charge in [0, 0.05) is 36.1 Å². The van der Waals surface area contributed by atoms with Crippen LogP contribution in [-0.2, 0) is 23.2 Å². The Labute approximate surface area is 218 Å². The van der Waals surface area contributed by atoms with E-state index in [4.69, 9.17) is 16.9 Å². The first kappa shape index (κ1) is 25.9. The van der Waals surface area contributed by atoms with E-state index < -0.39 is 46.4 Å². The molecule has 3 aliphatic heterocycles. The number of aliphatic hydroxyl groups excluding tert-OH is 1. The number of amides is 1.